The van der Waals surface area contributed by atoms with Crippen molar-refractivity contribution in [1.29, 1.82) is 0 Å². The predicted molar refractivity (Wildman–Crippen MR) is 114 cm³/mol. The second-order valence-electron chi connectivity index (χ2n) is 6.98. The molecule has 2 aromatic heterocycles. The Morgan fingerprint density at radius 2 is 1.85 bits per heavy atom. The molecule has 0 aliphatic carbocycles. The number of nitrogens with one attached hydrogen (secondary N) is 1. The van der Waals surface area contributed by atoms with E-state index in [1.54, 1.807) is 0 Å². The lowest BCUT2D eigenvalue weighted by Crippen LogP contribution is -2.30. The molecule has 0 bridgehead atoms. The number of thiocarbonyl (C=S) groups is 1. The van der Waals surface area contributed by atoms with Crippen molar-refractivity contribution in [2.75, 3.05) is 4.90 Å². The standard InChI is InChI=1S/C22H24N4S/c1-4-16-9-11-17(12-10-16)26-21(19-13-8-15(2)25(19)3)20(24-22(26)27)18-7-5-6-14-23-18/h5-14,20-21H,4H2,1-3H3,(H,24,27)/t20-,21+/m1/s1. The lowest BCUT2D eigenvalue weighted by Gasteiger charge is -2.28. The molecule has 1 aliphatic rings. The molecule has 1 fully saturated rings. The third-order valence-corrected chi connectivity index (χ3v) is 5.75. The zero-order chi connectivity index (χ0) is 19.0. The summed E-state index contributed by atoms with van der Waals surface area (Å²) in [5.74, 6) is 0. The number of pyridine rings is 1. The van der Waals surface area contributed by atoms with Crippen molar-refractivity contribution in [3.8, 4) is 0 Å². The quantitative estimate of drug-likeness (QED) is 0.681. The Bertz CT molecular complexity index is 946. The predicted octanol–water partition coefficient (Wildman–Crippen LogP) is 4.47. The van der Waals surface area contributed by atoms with Gasteiger partial charge >= 0.3 is 0 Å². The van der Waals surface area contributed by atoms with Crippen LogP contribution in [0.4, 0.5) is 5.69 Å². The van der Waals surface area contributed by atoms with Gasteiger partial charge in [-0.2, -0.15) is 0 Å². The maximum Gasteiger partial charge on any atom is 0.174 e. The summed E-state index contributed by atoms with van der Waals surface area (Å²) in [5.41, 5.74) is 5.87. The van der Waals surface area contributed by atoms with E-state index < -0.39 is 0 Å². The molecule has 1 aromatic carbocycles. The van der Waals surface area contributed by atoms with E-state index in [-0.39, 0.29) is 12.1 Å². The molecule has 2 atom stereocenters. The number of anilines is 1. The molecule has 4 nitrogen and oxygen atoms in total. The molecule has 3 heterocycles. The maximum absolute atomic E-state index is 5.77. The average molecular weight is 377 g/mol. The molecule has 1 aliphatic heterocycles. The molecule has 0 unspecified atom stereocenters. The largest absolute Gasteiger partial charge is 0.351 e. The van der Waals surface area contributed by atoms with Gasteiger partial charge in [0.05, 0.1) is 11.7 Å². The number of aryl methyl sites for hydroxylation is 2. The van der Waals surface area contributed by atoms with Crippen LogP contribution in [0.1, 0.15) is 41.7 Å². The van der Waals surface area contributed by atoms with Crippen LogP contribution in [0.25, 0.3) is 0 Å². The zero-order valence-electron chi connectivity index (χ0n) is 15.9. The lowest BCUT2D eigenvalue weighted by molar-refractivity contribution is 0.539. The van der Waals surface area contributed by atoms with E-state index in [0.717, 1.165) is 22.9 Å². The van der Waals surface area contributed by atoms with Crippen molar-refractivity contribution in [2.24, 2.45) is 7.05 Å². The maximum atomic E-state index is 5.77. The normalized spacial score (nSPS) is 19.4. The minimum Gasteiger partial charge on any atom is -0.351 e. The third-order valence-electron chi connectivity index (χ3n) is 5.44. The summed E-state index contributed by atoms with van der Waals surface area (Å²) in [6.07, 6.45) is 2.87. The van der Waals surface area contributed by atoms with Gasteiger partial charge in [0.15, 0.2) is 5.11 Å². The highest BCUT2D eigenvalue weighted by atomic mass is 32.1. The van der Waals surface area contributed by atoms with Crippen LogP contribution >= 0.6 is 12.2 Å². The van der Waals surface area contributed by atoms with Gasteiger partial charge in [-0.3, -0.25) is 4.98 Å². The minimum atomic E-state index is -0.00227. The molecule has 0 spiro atoms. The molecule has 5 heteroatoms. The van der Waals surface area contributed by atoms with Gasteiger partial charge in [-0.15, -0.1) is 0 Å². The Morgan fingerprint density at radius 1 is 1.07 bits per heavy atom. The van der Waals surface area contributed by atoms with Crippen LogP contribution in [0.5, 0.6) is 0 Å². The van der Waals surface area contributed by atoms with Crippen LogP contribution in [0, 0.1) is 6.92 Å². The van der Waals surface area contributed by atoms with Gasteiger partial charge in [0.1, 0.15) is 6.04 Å². The van der Waals surface area contributed by atoms with Crippen molar-refractivity contribution >= 4 is 23.0 Å². The van der Waals surface area contributed by atoms with E-state index in [9.17, 15) is 0 Å². The fourth-order valence-electron chi connectivity index (χ4n) is 3.76. The van der Waals surface area contributed by atoms with Crippen molar-refractivity contribution in [1.82, 2.24) is 14.9 Å². The Hall–Kier alpha value is -2.66. The zero-order valence-corrected chi connectivity index (χ0v) is 16.7. The number of aromatic nitrogens is 2. The Kier molecular flexibility index (Phi) is 4.70. The van der Waals surface area contributed by atoms with Gasteiger partial charge in [0.25, 0.3) is 0 Å². The van der Waals surface area contributed by atoms with E-state index in [4.69, 9.17) is 12.2 Å². The summed E-state index contributed by atoms with van der Waals surface area (Å²) in [5, 5.41) is 4.25. The van der Waals surface area contributed by atoms with Crippen LogP contribution in [0.2, 0.25) is 0 Å². The van der Waals surface area contributed by atoms with E-state index in [0.29, 0.717) is 0 Å². The molecule has 27 heavy (non-hydrogen) atoms. The molecular formula is C22H24N4S. The number of rotatable bonds is 4. The smallest absolute Gasteiger partial charge is 0.174 e. The van der Waals surface area contributed by atoms with Crippen molar-refractivity contribution < 1.29 is 0 Å². The summed E-state index contributed by atoms with van der Waals surface area (Å²) < 4.78 is 2.24. The van der Waals surface area contributed by atoms with E-state index in [1.165, 1.54) is 17.0 Å². The fraction of sp³-hybridized carbons (Fsp3) is 0.273. The molecule has 1 saturated heterocycles. The van der Waals surface area contributed by atoms with E-state index in [2.05, 4.69) is 83.1 Å². The molecule has 0 saturated carbocycles. The highest BCUT2D eigenvalue weighted by Gasteiger charge is 2.41. The van der Waals surface area contributed by atoms with Crippen molar-refractivity contribution in [3.05, 3.63) is 83.4 Å². The first-order valence-corrected chi connectivity index (χ1v) is 9.72. The van der Waals surface area contributed by atoms with Gasteiger partial charge in [-0.05, 0) is 67.5 Å². The third kappa shape index (κ3) is 3.12. The van der Waals surface area contributed by atoms with Crippen molar-refractivity contribution in [3.63, 3.8) is 0 Å². The SMILES string of the molecule is CCc1ccc(N2C(=S)N[C@H](c3ccccn3)[C@@H]2c2ccc(C)n2C)cc1. The van der Waals surface area contributed by atoms with Crippen LogP contribution < -0.4 is 10.2 Å². The summed E-state index contributed by atoms with van der Waals surface area (Å²) in [6.45, 7) is 4.30. The average Bonchev–Trinajstić information content (AvgIpc) is 3.22. The highest BCUT2D eigenvalue weighted by molar-refractivity contribution is 7.80. The Morgan fingerprint density at radius 3 is 2.44 bits per heavy atom. The minimum absolute atomic E-state index is 0.00227. The lowest BCUT2D eigenvalue weighted by atomic mass is 10.0. The Labute approximate surface area is 165 Å². The first-order valence-electron chi connectivity index (χ1n) is 9.32. The highest BCUT2D eigenvalue weighted by Crippen LogP contribution is 2.41. The van der Waals surface area contributed by atoms with Crippen molar-refractivity contribution in [2.45, 2.75) is 32.4 Å². The first kappa shape index (κ1) is 17.7. The topological polar surface area (TPSA) is 33.1 Å². The van der Waals surface area contributed by atoms with Gasteiger partial charge < -0.3 is 14.8 Å². The van der Waals surface area contributed by atoms with Gasteiger partial charge in [-0.1, -0.05) is 25.1 Å². The number of benzene rings is 1. The molecule has 0 amide bonds. The molecule has 0 radical (unpaired) electrons. The number of hydrogen-bond donors (Lipinski definition) is 1. The molecule has 1 N–H and O–H groups in total. The number of nitrogens with zero attached hydrogens (tertiary/aromatic N) is 3. The van der Waals surface area contributed by atoms with Gasteiger partial charge in [-0.25, -0.2) is 0 Å². The van der Waals surface area contributed by atoms with Gasteiger partial charge in [0.2, 0.25) is 0 Å². The summed E-state index contributed by atoms with van der Waals surface area (Å²) in [4.78, 5) is 6.83. The fourth-order valence-corrected chi connectivity index (χ4v) is 4.10. The molecule has 3 aromatic rings. The second kappa shape index (κ2) is 7.16. The van der Waals surface area contributed by atoms with E-state index in [1.807, 2.05) is 18.3 Å². The summed E-state index contributed by atoms with van der Waals surface area (Å²) in [6, 6.07) is 19.1. The Balaban J connectivity index is 1.83. The summed E-state index contributed by atoms with van der Waals surface area (Å²) >= 11 is 5.77. The van der Waals surface area contributed by atoms with Crippen LogP contribution in [-0.4, -0.2) is 14.7 Å². The first-order chi connectivity index (χ1) is 13.1. The molecular weight excluding hydrogens is 352 g/mol. The van der Waals surface area contributed by atoms with Gasteiger partial charge in [0, 0.05) is 30.3 Å². The van der Waals surface area contributed by atoms with Crippen LogP contribution in [0.3, 0.4) is 0 Å². The molecule has 138 valence electrons. The van der Waals surface area contributed by atoms with Crippen LogP contribution in [-0.2, 0) is 13.5 Å². The monoisotopic (exact) mass is 376 g/mol. The summed E-state index contributed by atoms with van der Waals surface area (Å²) in [7, 11) is 2.11. The van der Waals surface area contributed by atoms with Crippen LogP contribution in [0.15, 0.2) is 60.8 Å². The van der Waals surface area contributed by atoms with E-state index >= 15 is 0 Å². The number of hydrogen-bond acceptors (Lipinski definition) is 2. The second-order valence-corrected chi connectivity index (χ2v) is 7.36. The molecule has 4 rings (SSSR count).